The van der Waals surface area contributed by atoms with E-state index in [1.54, 1.807) is 32.0 Å². The Labute approximate surface area is 172 Å². The van der Waals surface area contributed by atoms with Gasteiger partial charge in [-0.05, 0) is 44.9 Å². The van der Waals surface area contributed by atoms with Crippen LogP contribution in [0.4, 0.5) is 10.5 Å². The molecule has 7 nitrogen and oxygen atoms in total. The number of hydrazone groups is 1. The third kappa shape index (κ3) is 4.31. The molecule has 28 heavy (non-hydrogen) atoms. The summed E-state index contributed by atoms with van der Waals surface area (Å²) in [6.45, 7) is 3.74. The summed E-state index contributed by atoms with van der Waals surface area (Å²) < 4.78 is 10.6. The van der Waals surface area contributed by atoms with Gasteiger partial charge in [0.25, 0.3) is 5.91 Å². The van der Waals surface area contributed by atoms with Crippen molar-refractivity contribution < 1.29 is 18.7 Å². The molecule has 2 N–H and O–H groups in total. The molecule has 1 aliphatic rings. The lowest BCUT2D eigenvalue weighted by molar-refractivity contribution is 0.0994. The summed E-state index contributed by atoms with van der Waals surface area (Å²) in [7, 11) is 0. The van der Waals surface area contributed by atoms with E-state index in [4.69, 9.17) is 32.4 Å². The molecular weight excluding hydrogens is 405 g/mol. The van der Waals surface area contributed by atoms with Gasteiger partial charge >= 0.3 is 6.09 Å². The van der Waals surface area contributed by atoms with Crippen LogP contribution < -0.4 is 10.7 Å². The SMILES string of the molecule is CCOC(=O)N/N=C1\CCCc2oc(C(=O)Nc3cc(Cl)ccc3Cl)c(C)c21. The Hall–Kier alpha value is -2.51. The molecule has 0 saturated heterocycles. The molecule has 1 heterocycles. The highest BCUT2D eigenvalue weighted by Crippen LogP contribution is 2.31. The van der Waals surface area contributed by atoms with Crippen molar-refractivity contribution in [2.45, 2.75) is 33.1 Å². The minimum atomic E-state index is -0.628. The molecule has 0 saturated carbocycles. The molecular formula is C19H19Cl2N3O4. The van der Waals surface area contributed by atoms with E-state index in [1.165, 1.54) is 0 Å². The minimum Gasteiger partial charge on any atom is -0.455 e. The molecule has 0 unspecified atom stereocenters. The molecule has 3 rings (SSSR count). The van der Waals surface area contributed by atoms with Crippen LogP contribution in [0.3, 0.4) is 0 Å². The summed E-state index contributed by atoms with van der Waals surface area (Å²) in [5.41, 5.74) is 4.80. The summed E-state index contributed by atoms with van der Waals surface area (Å²) in [6.07, 6.45) is 1.50. The molecule has 2 amide bonds. The van der Waals surface area contributed by atoms with Gasteiger partial charge in [0.05, 0.1) is 23.0 Å². The average Bonchev–Trinajstić information content (AvgIpc) is 3.01. The van der Waals surface area contributed by atoms with Crippen LogP contribution >= 0.6 is 23.2 Å². The van der Waals surface area contributed by atoms with Gasteiger partial charge < -0.3 is 14.5 Å². The first-order valence-corrected chi connectivity index (χ1v) is 9.54. The van der Waals surface area contributed by atoms with E-state index in [9.17, 15) is 9.59 Å². The Morgan fingerprint density at radius 1 is 1.29 bits per heavy atom. The highest BCUT2D eigenvalue weighted by atomic mass is 35.5. The van der Waals surface area contributed by atoms with E-state index >= 15 is 0 Å². The quantitative estimate of drug-likeness (QED) is 0.681. The standard InChI is InChI=1S/C19H19Cl2N3O4/c1-3-27-19(26)24-23-13-5-4-6-15-16(13)10(2)17(28-15)18(25)22-14-9-11(20)7-8-12(14)21/h7-9H,3-6H2,1-2H3,(H,22,25)(H,24,26)/b23-13+. The molecule has 0 bridgehead atoms. The number of hydrogen-bond acceptors (Lipinski definition) is 5. The van der Waals surface area contributed by atoms with E-state index in [1.807, 2.05) is 0 Å². The summed E-state index contributed by atoms with van der Waals surface area (Å²) >= 11 is 12.1. The topological polar surface area (TPSA) is 92.9 Å². The number of nitrogens with zero attached hydrogens (tertiary/aromatic N) is 1. The zero-order valence-electron chi connectivity index (χ0n) is 15.4. The van der Waals surface area contributed by atoms with Crippen LogP contribution in [0, 0.1) is 6.92 Å². The second kappa shape index (κ2) is 8.67. The molecule has 148 valence electrons. The molecule has 0 spiro atoms. The van der Waals surface area contributed by atoms with Gasteiger partial charge in [0.2, 0.25) is 0 Å². The lowest BCUT2D eigenvalue weighted by atomic mass is 9.93. The average molecular weight is 424 g/mol. The van der Waals surface area contributed by atoms with Crippen LogP contribution in [0.2, 0.25) is 10.0 Å². The molecule has 0 aliphatic heterocycles. The van der Waals surface area contributed by atoms with Gasteiger partial charge in [0.15, 0.2) is 5.76 Å². The zero-order valence-corrected chi connectivity index (χ0v) is 16.9. The van der Waals surface area contributed by atoms with Crippen molar-refractivity contribution in [3.05, 3.63) is 50.9 Å². The monoisotopic (exact) mass is 423 g/mol. The maximum absolute atomic E-state index is 12.7. The van der Waals surface area contributed by atoms with Gasteiger partial charge in [-0.2, -0.15) is 5.10 Å². The van der Waals surface area contributed by atoms with Crippen molar-refractivity contribution >= 4 is 46.6 Å². The fraction of sp³-hybridized carbons (Fsp3) is 0.316. The predicted molar refractivity (Wildman–Crippen MR) is 107 cm³/mol. The lowest BCUT2D eigenvalue weighted by Crippen LogP contribution is -2.22. The van der Waals surface area contributed by atoms with E-state index in [0.29, 0.717) is 45.6 Å². The van der Waals surface area contributed by atoms with Gasteiger partial charge in [-0.3, -0.25) is 4.79 Å². The highest BCUT2D eigenvalue weighted by Gasteiger charge is 2.28. The summed E-state index contributed by atoms with van der Waals surface area (Å²) in [5, 5.41) is 7.69. The second-order valence-corrected chi connectivity index (χ2v) is 7.02. The third-order valence-corrected chi connectivity index (χ3v) is 4.83. The number of benzene rings is 1. The van der Waals surface area contributed by atoms with Gasteiger partial charge in [-0.15, -0.1) is 0 Å². The zero-order chi connectivity index (χ0) is 20.3. The van der Waals surface area contributed by atoms with Crippen molar-refractivity contribution in [1.29, 1.82) is 0 Å². The number of fused-ring (bicyclic) bond motifs is 1. The van der Waals surface area contributed by atoms with Gasteiger partial charge in [-0.25, -0.2) is 10.2 Å². The second-order valence-electron chi connectivity index (χ2n) is 6.18. The number of anilines is 1. The van der Waals surface area contributed by atoms with Crippen molar-refractivity contribution in [1.82, 2.24) is 5.43 Å². The van der Waals surface area contributed by atoms with Crippen molar-refractivity contribution in [3.8, 4) is 0 Å². The summed E-state index contributed by atoms with van der Waals surface area (Å²) in [4.78, 5) is 24.2. The van der Waals surface area contributed by atoms with Crippen LogP contribution in [0.5, 0.6) is 0 Å². The number of furan rings is 1. The Morgan fingerprint density at radius 2 is 2.07 bits per heavy atom. The fourth-order valence-electron chi connectivity index (χ4n) is 3.05. The Bertz CT molecular complexity index is 953. The summed E-state index contributed by atoms with van der Waals surface area (Å²) in [5.74, 6) is 0.399. The van der Waals surface area contributed by atoms with E-state index in [2.05, 4.69) is 15.8 Å². The van der Waals surface area contributed by atoms with E-state index in [0.717, 1.165) is 12.0 Å². The normalized spacial score (nSPS) is 14.5. The number of aryl methyl sites for hydroxylation is 1. The van der Waals surface area contributed by atoms with Crippen LogP contribution in [0.25, 0.3) is 0 Å². The first-order chi connectivity index (χ1) is 13.4. The molecule has 9 heteroatoms. The maximum atomic E-state index is 12.7. The smallest absolute Gasteiger partial charge is 0.427 e. The molecule has 1 aromatic carbocycles. The van der Waals surface area contributed by atoms with Crippen LogP contribution in [0.15, 0.2) is 27.7 Å². The first kappa shape index (κ1) is 20.2. The number of carbonyl (C=O) groups is 2. The summed E-state index contributed by atoms with van der Waals surface area (Å²) in [6, 6.07) is 4.80. The Kier molecular flexibility index (Phi) is 6.26. The van der Waals surface area contributed by atoms with E-state index < -0.39 is 12.0 Å². The van der Waals surface area contributed by atoms with Gasteiger partial charge in [-0.1, -0.05) is 23.2 Å². The molecule has 0 radical (unpaired) electrons. The van der Waals surface area contributed by atoms with Crippen LogP contribution in [0.1, 0.15) is 47.2 Å². The molecule has 1 aliphatic carbocycles. The number of nitrogens with one attached hydrogen (secondary N) is 2. The number of hydrogen-bond donors (Lipinski definition) is 2. The number of amides is 2. The van der Waals surface area contributed by atoms with Gasteiger partial charge in [0.1, 0.15) is 5.76 Å². The lowest BCUT2D eigenvalue weighted by Gasteiger charge is -2.13. The Balaban J connectivity index is 1.87. The van der Waals surface area contributed by atoms with Crippen molar-refractivity contribution in [2.24, 2.45) is 5.10 Å². The van der Waals surface area contributed by atoms with E-state index in [-0.39, 0.29) is 12.4 Å². The number of rotatable bonds is 4. The van der Waals surface area contributed by atoms with Gasteiger partial charge in [0, 0.05) is 22.6 Å². The number of halogens is 2. The van der Waals surface area contributed by atoms with Crippen molar-refractivity contribution in [3.63, 3.8) is 0 Å². The molecule has 2 aromatic rings. The number of carbonyl (C=O) groups excluding carboxylic acids is 2. The Morgan fingerprint density at radius 3 is 2.82 bits per heavy atom. The predicted octanol–water partition coefficient (Wildman–Crippen LogP) is 4.93. The maximum Gasteiger partial charge on any atom is 0.427 e. The van der Waals surface area contributed by atoms with Crippen LogP contribution in [-0.4, -0.2) is 24.3 Å². The number of ether oxygens (including phenoxy) is 1. The third-order valence-electron chi connectivity index (χ3n) is 4.27. The highest BCUT2D eigenvalue weighted by molar-refractivity contribution is 6.35. The largest absolute Gasteiger partial charge is 0.455 e. The fourth-order valence-corrected chi connectivity index (χ4v) is 3.38. The first-order valence-electron chi connectivity index (χ1n) is 8.79. The van der Waals surface area contributed by atoms with Crippen molar-refractivity contribution in [2.75, 3.05) is 11.9 Å². The molecule has 0 fully saturated rings. The van der Waals surface area contributed by atoms with Crippen LogP contribution in [-0.2, 0) is 11.2 Å². The molecule has 1 aromatic heterocycles. The molecule has 0 atom stereocenters. The minimum absolute atomic E-state index is 0.173.